The Kier molecular flexibility index (Phi) is 6.40. The number of ether oxygens (including phenoxy) is 1. The molecule has 5 rings (SSSR count). The Morgan fingerprint density at radius 2 is 1.82 bits per heavy atom. The number of nitrogens with one attached hydrogen (secondary N) is 1. The highest BCUT2D eigenvalue weighted by Crippen LogP contribution is 2.29. The quantitative estimate of drug-likeness (QED) is 0.472. The SMILES string of the molecule is COc1ccc(Cn2nnnc2[C@H](c2cc3cccc(C)c3[nH]c2=O)N2CCCCCC2)cc1. The first kappa shape index (κ1) is 22.3. The number of rotatable bonds is 6. The molecule has 176 valence electrons. The maximum absolute atomic E-state index is 13.4. The zero-order chi connectivity index (χ0) is 23.5. The largest absolute Gasteiger partial charge is 0.497 e. The third-order valence-corrected chi connectivity index (χ3v) is 6.71. The van der Waals surface area contributed by atoms with Gasteiger partial charge in [-0.15, -0.1) is 5.10 Å². The van der Waals surface area contributed by atoms with E-state index >= 15 is 0 Å². The Hall–Kier alpha value is -3.52. The molecule has 0 bridgehead atoms. The summed E-state index contributed by atoms with van der Waals surface area (Å²) >= 11 is 0. The molecule has 0 aliphatic carbocycles. The molecule has 2 aromatic carbocycles. The Balaban J connectivity index is 1.59. The van der Waals surface area contributed by atoms with Gasteiger partial charge >= 0.3 is 0 Å². The number of fused-ring (bicyclic) bond motifs is 1. The zero-order valence-electron chi connectivity index (χ0n) is 19.7. The van der Waals surface area contributed by atoms with Crippen molar-refractivity contribution in [2.24, 2.45) is 0 Å². The van der Waals surface area contributed by atoms with E-state index in [0.29, 0.717) is 17.9 Å². The van der Waals surface area contributed by atoms with E-state index in [9.17, 15) is 4.79 Å². The van der Waals surface area contributed by atoms with Gasteiger partial charge in [-0.25, -0.2) is 4.68 Å². The van der Waals surface area contributed by atoms with Crippen LogP contribution >= 0.6 is 0 Å². The number of aromatic amines is 1. The monoisotopic (exact) mass is 458 g/mol. The first-order valence-electron chi connectivity index (χ1n) is 11.9. The predicted octanol–water partition coefficient (Wildman–Crippen LogP) is 3.85. The van der Waals surface area contributed by atoms with Gasteiger partial charge in [0.25, 0.3) is 5.56 Å². The van der Waals surface area contributed by atoms with Gasteiger partial charge in [-0.05, 0) is 78.0 Å². The average molecular weight is 459 g/mol. The van der Waals surface area contributed by atoms with Crippen LogP contribution < -0.4 is 10.3 Å². The summed E-state index contributed by atoms with van der Waals surface area (Å²) in [7, 11) is 1.66. The van der Waals surface area contributed by atoms with Gasteiger partial charge in [0.15, 0.2) is 5.82 Å². The Morgan fingerprint density at radius 1 is 1.06 bits per heavy atom. The maximum atomic E-state index is 13.4. The van der Waals surface area contributed by atoms with Crippen LogP contribution in [0.5, 0.6) is 5.75 Å². The molecule has 3 heterocycles. The van der Waals surface area contributed by atoms with Gasteiger partial charge in [-0.2, -0.15) is 0 Å². The van der Waals surface area contributed by atoms with Crippen molar-refractivity contribution >= 4 is 10.9 Å². The van der Waals surface area contributed by atoms with Crippen molar-refractivity contribution in [3.63, 3.8) is 0 Å². The topological polar surface area (TPSA) is 88.9 Å². The van der Waals surface area contributed by atoms with Crippen LogP contribution in [-0.4, -0.2) is 50.3 Å². The van der Waals surface area contributed by atoms with E-state index in [4.69, 9.17) is 4.74 Å². The van der Waals surface area contributed by atoms with E-state index in [1.807, 2.05) is 60.1 Å². The number of methoxy groups -OCH3 is 1. The molecule has 8 nitrogen and oxygen atoms in total. The normalized spacial score (nSPS) is 15.8. The lowest BCUT2D eigenvalue weighted by molar-refractivity contribution is 0.220. The second kappa shape index (κ2) is 9.77. The van der Waals surface area contributed by atoms with Crippen LogP contribution in [-0.2, 0) is 6.54 Å². The Morgan fingerprint density at radius 3 is 2.56 bits per heavy atom. The highest BCUT2D eigenvalue weighted by atomic mass is 16.5. The van der Waals surface area contributed by atoms with E-state index in [0.717, 1.165) is 53.7 Å². The molecule has 1 aliphatic rings. The minimum atomic E-state index is -0.319. The standard InChI is InChI=1S/C26H30N6O2/c1-18-8-7-9-20-16-22(26(33)27-23(18)20)24(31-14-5-3-4-6-15-31)25-28-29-30-32(25)17-19-10-12-21(34-2)13-11-19/h7-13,16,24H,3-6,14-15,17H2,1-2H3,(H,27,33)/t24-/m0/s1. The molecule has 1 saturated heterocycles. The van der Waals surface area contributed by atoms with Crippen LogP contribution in [0.25, 0.3) is 10.9 Å². The molecule has 8 heteroatoms. The molecule has 34 heavy (non-hydrogen) atoms. The van der Waals surface area contributed by atoms with E-state index in [2.05, 4.69) is 25.4 Å². The fourth-order valence-electron chi connectivity index (χ4n) is 4.88. The number of aromatic nitrogens is 5. The molecule has 0 spiro atoms. The van der Waals surface area contributed by atoms with Crippen molar-refractivity contribution in [3.05, 3.63) is 81.4 Å². The zero-order valence-corrected chi connectivity index (χ0v) is 19.7. The Labute approximate surface area is 198 Å². The van der Waals surface area contributed by atoms with Crippen LogP contribution in [0.3, 0.4) is 0 Å². The third kappa shape index (κ3) is 4.46. The smallest absolute Gasteiger partial charge is 0.253 e. The molecule has 1 N–H and O–H groups in total. The van der Waals surface area contributed by atoms with Gasteiger partial charge < -0.3 is 9.72 Å². The van der Waals surface area contributed by atoms with Crippen molar-refractivity contribution in [1.82, 2.24) is 30.1 Å². The van der Waals surface area contributed by atoms with Gasteiger partial charge in [0.1, 0.15) is 11.8 Å². The van der Waals surface area contributed by atoms with Crippen molar-refractivity contribution in [3.8, 4) is 5.75 Å². The molecule has 0 amide bonds. The summed E-state index contributed by atoms with van der Waals surface area (Å²) in [5.41, 5.74) is 3.59. The van der Waals surface area contributed by atoms with Gasteiger partial charge in [0, 0.05) is 5.56 Å². The summed E-state index contributed by atoms with van der Waals surface area (Å²) < 4.78 is 7.10. The second-order valence-corrected chi connectivity index (χ2v) is 8.99. The number of tetrazole rings is 1. The molecule has 2 aromatic heterocycles. The predicted molar refractivity (Wildman–Crippen MR) is 131 cm³/mol. The first-order valence-corrected chi connectivity index (χ1v) is 11.9. The van der Waals surface area contributed by atoms with Crippen molar-refractivity contribution in [1.29, 1.82) is 0 Å². The molecular formula is C26H30N6O2. The van der Waals surface area contributed by atoms with Crippen molar-refractivity contribution < 1.29 is 4.74 Å². The van der Waals surface area contributed by atoms with Crippen LogP contribution in [0.15, 0.2) is 53.3 Å². The number of aryl methyl sites for hydroxylation is 1. The highest BCUT2D eigenvalue weighted by Gasteiger charge is 2.31. The third-order valence-electron chi connectivity index (χ3n) is 6.71. The molecular weight excluding hydrogens is 428 g/mol. The molecule has 1 atom stereocenters. The molecule has 0 saturated carbocycles. The van der Waals surface area contributed by atoms with Gasteiger partial charge in [0.05, 0.1) is 19.2 Å². The van der Waals surface area contributed by atoms with Gasteiger partial charge in [-0.1, -0.05) is 43.2 Å². The van der Waals surface area contributed by atoms with Crippen LogP contribution in [0.1, 0.15) is 54.2 Å². The number of benzene rings is 2. The minimum Gasteiger partial charge on any atom is -0.497 e. The molecule has 1 fully saturated rings. The first-order chi connectivity index (χ1) is 16.6. The molecule has 0 unspecified atom stereocenters. The lowest BCUT2D eigenvalue weighted by Gasteiger charge is -2.29. The second-order valence-electron chi connectivity index (χ2n) is 8.99. The summed E-state index contributed by atoms with van der Waals surface area (Å²) in [6.45, 7) is 4.34. The van der Waals surface area contributed by atoms with Gasteiger partial charge in [0.2, 0.25) is 0 Å². The lowest BCUT2D eigenvalue weighted by atomic mass is 10.0. The summed E-state index contributed by atoms with van der Waals surface area (Å²) in [4.78, 5) is 18.9. The molecule has 4 aromatic rings. The van der Waals surface area contributed by atoms with E-state index in [1.165, 1.54) is 12.8 Å². The molecule has 1 aliphatic heterocycles. The number of hydrogen-bond donors (Lipinski definition) is 1. The Bertz CT molecular complexity index is 1320. The average Bonchev–Trinajstić information content (AvgIpc) is 3.12. The lowest BCUT2D eigenvalue weighted by Crippen LogP contribution is -2.36. The fourth-order valence-corrected chi connectivity index (χ4v) is 4.88. The van der Waals surface area contributed by atoms with E-state index in [1.54, 1.807) is 7.11 Å². The number of likely N-dealkylation sites (tertiary alicyclic amines) is 1. The van der Waals surface area contributed by atoms with Crippen molar-refractivity contribution in [2.45, 2.75) is 45.2 Å². The summed E-state index contributed by atoms with van der Waals surface area (Å²) in [5.74, 6) is 1.50. The molecule has 0 radical (unpaired) electrons. The number of para-hydroxylation sites is 1. The number of H-pyrrole nitrogens is 1. The van der Waals surface area contributed by atoms with Gasteiger partial charge in [-0.3, -0.25) is 9.69 Å². The van der Waals surface area contributed by atoms with Crippen LogP contribution in [0.4, 0.5) is 0 Å². The van der Waals surface area contributed by atoms with Crippen LogP contribution in [0.2, 0.25) is 0 Å². The van der Waals surface area contributed by atoms with Crippen molar-refractivity contribution in [2.75, 3.05) is 20.2 Å². The number of pyridine rings is 1. The van der Waals surface area contributed by atoms with E-state index in [-0.39, 0.29) is 11.6 Å². The summed E-state index contributed by atoms with van der Waals surface area (Å²) in [6, 6.07) is 15.7. The number of nitrogens with zero attached hydrogens (tertiary/aromatic N) is 5. The summed E-state index contributed by atoms with van der Waals surface area (Å²) in [5, 5.41) is 13.8. The van der Waals surface area contributed by atoms with Crippen LogP contribution in [0, 0.1) is 6.92 Å². The maximum Gasteiger partial charge on any atom is 0.253 e. The number of hydrogen-bond acceptors (Lipinski definition) is 6. The minimum absolute atomic E-state index is 0.0879. The highest BCUT2D eigenvalue weighted by molar-refractivity contribution is 5.82. The van der Waals surface area contributed by atoms with E-state index < -0.39 is 0 Å². The summed E-state index contributed by atoms with van der Waals surface area (Å²) in [6.07, 6.45) is 4.60. The fraction of sp³-hybridized carbons (Fsp3) is 0.385.